The molecular weight excluding hydrogens is 582 g/mol. The van der Waals surface area contributed by atoms with Gasteiger partial charge in [-0.05, 0) is 18.9 Å². The van der Waals surface area contributed by atoms with E-state index in [1.54, 1.807) is 30.9 Å². The van der Waals surface area contributed by atoms with Crippen LogP contribution in [0.2, 0.25) is 0 Å². The summed E-state index contributed by atoms with van der Waals surface area (Å²) in [5, 5.41) is 15.7. The predicted octanol–water partition coefficient (Wildman–Crippen LogP) is -3.54. The number of amides is 3. The van der Waals surface area contributed by atoms with Crippen LogP contribution >= 0.6 is 26.9 Å². The van der Waals surface area contributed by atoms with Gasteiger partial charge in [-0.15, -0.1) is 4.99 Å². The van der Waals surface area contributed by atoms with Gasteiger partial charge >= 0.3 is 18.2 Å². The summed E-state index contributed by atoms with van der Waals surface area (Å²) in [6.45, 7) is 5.06. The molecule has 16 nitrogen and oxygen atoms in total. The number of aliphatic hydroxyl groups excluding tert-OH is 1. The van der Waals surface area contributed by atoms with Gasteiger partial charge in [0.2, 0.25) is 11.9 Å². The Hall–Kier alpha value is -1.83. The first-order chi connectivity index (χ1) is 19.1. The summed E-state index contributed by atoms with van der Waals surface area (Å²) in [7, 11) is 4.06. The number of likely N-dealkylation sites (tertiary alicyclic amines) is 1. The average Bonchev–Trinajstić information content (AvgIpc) is 3.44. The van der Waals surface area contributed by atoms with Crippen molar-refractivity contribution in [2.24, 2.45) is 16.8 Å². The Kier molecular flexibility index (Phi) is 12.6. The highest BCUT2D eigenvalue weighted by atomic mass is 31.1. The van der Waals surface area contributed by atoms with Gasteiger partial charge in [-0.3, -0.25) is 15.0 Å². The topological polar surface area (TPSA) is 195 Å². The fourth-order valence-corrected chi connectivity index (χ4v) is 5.81. The van der Waals surface area contributed by atoms with E-state index in [1.165, 1.54) is 4.90 Å². The van der Waals surface area contributed by atoms with Gasteiger partial charge in [0.25, 0.3) is 0 Å². The molecule has 0 aromatic heterocycles. The van der Waals surface area contributed by atoms with Crippen LogP contribution in [-0.4, -0.2) is 107 Å². The van der Waals surface area contributed by atoms with Crippen LogP contribution in [0.5, 0.6) is 0 Å². The molecule has 22 heteroatoms. The first kappa shape index (κ1) is 32.7. The van der Waals surface area contributed by atoms with E-state index < -0.39 is 30.2 Å². The van der Waals surface area contributed by atoms with Crippen molar-refractivity contribution in [3.63, 3.8) is 0 Å². The number of rotatable bonds is 11. The minimum Gasteiger partial charge on any atom is -0.428 e. The van der Waals surface area contributed by atoms with Gasteiger partial charge in [0.1, 0.15) is 32.6 Å². The largest absolute Gasteiger partial charge is 0.440 e. The number of carbonyl (C=O) groups is 4. The Bertz CT molecular complexity index is 1040. The number of fused-ring (bicyclic) bond motifs is 1. The molecule has 3 aliphatic heterocycles. The number of hydrogen-bond donors (Lipinski definition) is 6. The van der Waals surface area contributed by atoms with Crippen LogP contribution < -0.4 is 25.6 Å². The lowest BCUT2D eigenvalue weighted by atomic mass is 9.77. The number of guanidine groups is 1. The molecule has 0 aromatic rings. The summed E-state index contributed by atoms with van der Waals surface area (Å²) in [5.74, 6) is -1.71. The van der Waals surface area contributed by atoms with Crippen molar-refractivity contribution in [3.8, 4) is 0 Å². The smallest absolute Gasteiger partial charge is 0.428 e. The van der Waals surface area contributed by atoms with Gasteiger partial charge in [-0.2, -0.15) is 0 Å². The van der Waals surface area contributed by atoms with E-state index in [1.807, 2.05) is 6.92 Å². The number of nitrogens with zero attached hydrogens (tertiary/aromatic N) is 3. The highest BCUT2D eigenvalue weighted by Gasteiger charge is 2.60. The fraction of sp³-hybridized carbons (Fsp3) is 0.611. The van der Waals surface area contributed by atoms with Crippen LogP contribution in [-0.2, 0) is 23.2 Å². The van der Waals surface area contributed by atoms with E-state index in [9.17, 15) is 24.3 Å². The number of β-lactam (4-membered cyclic amide) rings is 1. The highest BCUT2D eigenvalue weighted by molar-refractivity contribution is 7.32. The maximum Gasteiger partial charge on any atom is 0.440 e. The molecule has 3 aliphatic rings. The van der Waals surface area contributed by atoms with Gasteiger partial charge < -0.3 is 43.9 Å². The monoisotopic (exact) mass is 616 g/mol. The molecule has 0 saturated carbocycles. The first-order valence-corrected chi connectivity index (χ1v) is 15.3. The minimum absolute atomic E-state index is 0.107. The van der Waals surface area contributed by atoms with Crippen molar-refractivity contribution in [2.45, 2.75) is 38.5 Å². The third kappa shape index (κ3) is 7.92. The first-order valence-electron chi connectivity index (χ1n) is 12.6. The van der Waals surface area contributed by atoms with Crippen molar-refractivity contribution >= 4 is 80.8 Å². The van der Waals surface area contributed by atoms with Gasteiger partial charge in [-0.1, -0.05) is 6.92 Å². The Morgan fingerprint density at radius 2 is 1.77 bits per heavy atom. The van der Waals surface area contributed by atoms with Crippen LogP contribution in [0.25, 0.3) is 0 Å². The Morgan fingerprint density at radius 3 is 2.42 bits per heavy atom. The van der Waals surface area contributed by atoms with E-state index >= 15 is 0 Å². The number of hydrogen-bond acceptors (Lipinski definition) is 12. The molecule has 8 atom stereocenters. The SMILES string of the molecule is BNPOC(=O)/N=C(/NC(=O)OPNB)N[C@@H]1CCN(CC2=C(C(=O)OPNB)N3C(=O)C([C@@H](C)O)[C@H]3[C@H]2C)C1. The minimum atomic E-state index is -0.890. The molecule has 40 heavy (non-hydrogen) atoms. The molecule has 0 radical (unpaired) electrons. The lowest BCUT2D eigenvalue weighted by molar-refractivity contribution is -0.162. The predicted molar refractivity (Wildman–Crippen MR) is 160 cm³/mol. The maximum atomic E-state index is 13.0. The fourth-order valence-electron chi connectivity index (χ4n) is 5.04. The van der Waals surface area contributed by atoms with Gasteiger partial charge in [0.05, 0.1) is 18.1 Å². The highest BCUT2D eigenvalue weighted by Crippen LogP contribution is 2.48. The van der Waals surface area contributed by atoms with Crippen LogP contribution in [0.1, 0.15) is 20.3 Å². The summed E-state index contributed by atoms with van der Waals surface area (Å²) < 4.78 is 15.2. The van der Waals surface area contributed by atoms with E-state index in [-0.39, 0.29) is 62.4 Å². The summed E-state index contributed by atoms with van der Waals surface area (Å²) in [6, 6.07) is -0.510. The number of carbonyl (C=O) groups excluding carboxylic acids is 4. The van der Waals surface area contributed by atoms with E-state index in [0.29, 0.717) is 26.1 Å². The number of aliphatic imine (C=N–C) groups is 1. The van der Waals surface area contributed by atoms with Crippen LogP contribution in [0.15, 0.2) is 16.3 Å². The van der Waals surface area contributed by atoms with Crippen LogP contribution in [0, 0.1) is 11.8 Å². The Morgan fingerprint density at radius 1 is 1.12 bits per heavy atom. The van der Waals surface area contributed by atoms with Gasteiger partial charge in [-0.25, -0.2) is 14.4 Å². The summed E-state index contributed by atoms with van der Waals surface area (Å²) in [5.41, 5.74) is 1.01. The van der Waals surface area contributed by atoms with E-state index in [0.717, 1.165) is 5.57 Å². The van der Waals surface area contributed by atoms with Crippen molar-refractivity contribution < 1.29 is 37.9 Å². The van der Waals surface area contributed by atoms with Gasteiger partial charge in [0, 0.05) is 31.6 Å². The third-order valence-corrected chi connectivity index (χ3v) is 8.14. The second-order valence-corrected chi connectivity index (χ2v) is 12.0. The zero-order chi connectivity index (χ0) is 29.4. The molecule has 2 fully saturated rings. The normalized spacial score (nSPS) is 26.1. The lowest BCUT2D eigenvalue weighted by Crippen LogP contribution is -2.63. The van der Waals surface area contributed by atoms with Crippen molar-refractivity contribution in [1.29, 1.82) is 0 Å². The van der Waals surface area contributed by atoms with Crippen LogP contribution in [0.3, 0.4) is 0 Å². The third-order valence-electron chi connectivity index (χ3n) is 6.67. The molecule has 3 amide bonds. The summed E-state index contributed by atoms with van der Waals surface area (Å²) in [4.78, 5) is 65.6. The zero-order valence-electron chi connectivity index (χ0n) is 22.9. The Labute approximate surface area is 240 Å². The molecule has 0 aromatic carbocycles. The van der Waals surface area contributed by atoms with E-state index in [4.69, 9.17) is 13.6 Å². The molecule has 218 valence electrons. The second kappa shape index (κ2) is 15.4. The molecule has 2 saturated heterocycles. The molecule has 3 rings (SSSR count). The maximum absolute atomic E-state index is 13.0. The standard InChI is InChI=1S/C18H34B3N8O8P3/c1-7-10(13(15(32)35-38-25-19)29-12(7)11(8(2)30)14(29)31)6-28-4-3-9(5-28)22-16(23-17(33)36-39-26-20)24-18(34)37-40-27-21/h7-9,11-12,25-27,30,38-40H,3-6,19-21H2,1-2H3,(H2,22,23,24,33,34)/t7-,8+,9+,11?,12+/m0/s1. The molecule has 6 N–H and O–H groups in total. The molecule has 4 unspecified atom stereocenters. The van der Waals surface area contributed by atoms with E-state index in [2.05, 4.69) is 35.5 Å². The second-order valence-electron chi connectivity index (χ2n) is 9.28. The summed E-state index contributed by atoms with van der Waals surface area (Å²) in [6.07, 6.45) is -1.88. The number of aliphatic hydroxyl groups is 1. The van der Waals surface area contributed by atoms with Crippen molar-refractivity contribution in [1.82, 2.24) is 35.4 Å². The molecule has 0 spiro atoms. The average molecular weight is 616 g/mol. The zero-order valence-corrected chi connectivity index (χ0v) is 25.9. The molecule has 0 bridgehead atoms. The lowest BCUT2D eigenvalue weighted by Gasteiger charge is -2.46. The quantitative estimate of drug-likeness (QED) is 0.0334. The van der Waals surface area contributed by atoms with Gasteiger partial charge in [0.15, 0.2) is 23.9 Å². The molecular formula is C18H34B3N8O8P3. The Balaban J connectivity index is 1.72. The number of nitrogens with one attached hydrogen (secondary N) is 5. The van der Waals surface area contributed by atoms with Crippen molar-refractivity contribution in [3.05, 3.63) is 11.3 Å². The van der Waals surface area contributed by atoms with Crippen LogP contribution in [0.4, 0.5) is 9.59 Å². The molecule has 3 heterocycles. The summed E-state index contributed by atoms with van der Waals surface area (Å²) >= 11 is 0. The van der Waals surface area contributed by atoms with Crippen molar-refractivity contribution in [2.75, 3.05) is 19.6 Å². The molecule has 0 aliphatic carbocycles.